The zero-order valence-electron chi connectivity index (χ0n) is 10.9. The van der Waals surface area contributed by atoms with E-state index in [4.69, 9.17) is 9.84 Å². The van der Waals surface area contributed by atoms with Crippen LogP contribution in [-0.2, 0) is 9.53 Å². The zero-order valence-corrected chi connectivity index (χ0v) is 10.9. The summed E-state index contributed by atoms with van der Waals surface area (Å²) in [7, 11) is 0. The Morgan fingerprint density at radius 3 is 2.26 bits per heavy atom. The lowest BCUT2D eigenvalue weighted by molar-refractivity contribution is -0.189. The van der Waals surface area contributed by atoms with E-state index in [1.807, 2.05) is 0 Å². The first kappa shape index (κ1) is 15.6. The van der Waals surface area contributed by atoms with Crippen LogP contribution >= 0.6 is 0 Å². The second kappa shape index (κ2) is 4.57. The molecule has 110 valence electrons. The van der Waals surface area contributed by atoms with Gasteiger partial charge in [0.25, 0.3) is 0 Å². The molecule has 1 unspecified atom stereocenters. The fraction of sp³-hybridized carbons (Fsp3) is 0.818. The average molecular weight is 283 g/mol. The molecule has 0 aromatic carbocycles. The maximum Gasteiger partial charge on any atom is 0.410 e. The third kappa shape index (κ3) is 3.10. The molecule has 1 saturated heterocycles. The van der Waals surface area contributed by atoms with E-state index >= 15 is 0 Å². The average Bonchev–Trinajstić information content (AvgIpc) is 2.59. The van der Waals surface area contributed by atoms with Crippen molar-refractivity contribution in [1.29, 1.82) is 0 Å². The van der Waals surface area contributed by atoms with Gasteiger partial charge in [0.2, 0.25) is 5.67 Å². The van der Waals surface area contributed by atoms with E-state index in [0.717, 1.165) is 4.90 Å². The molecule has 0 aromatic heterocycles. The second-order valence-corrected chi connectivity index (χ2v) is 5.50. The van der Waals surface area contributed by atoms with Crippen molar-refractivity contribution in [3.05, 3.63) is 0 Å². The van der Waals surface area contributed by atoms with Crippen LogP contribution in [0.5, 0.6) is 0 Å². The van der Waals surface area contributed by atoms with Gasteiger partial charge in [0.05, 0.1) is 6.54 Å². The molecule has 1 N–H and O–H groups in total. The molecule has 0 aliphatic carbocycles. The molecule has 19 heavy (non-hydrogen) atoms. The third-order valence-electron chi connectivity index (χ3n) is 2.70. The Morgan fingerprint density at radius 1 is 1.32 bits per heavy atom. The molecule has 5 nitrogen and oxygen atoms in total. The number of amides is 1. The Bertz CT molecular complexity index is 394. The highest BCUT2D eigenvalue weighted by Gasteiger charge is 2.64. The number of likely N-dealkylation sites (tertiary alicyclic amines) is 1. The van der Waals surface area contributed by atoms with Crippen LogP contribution in [0.2, 0.25) is 0 Å². The van der Waals surface area contributed by atoms with Crippen molar-refractivity contribution >= 4 is 12.1 Å². The first-order valence-corrected chi connectivity index (χ1v) is 5.67. The van der Waals surface area contributed by atoms with Crippen molar-refractivity contribution in [3.63, 3.8) is 0 Å². The van der Waals surface area contributed by atoms with Crippen molar-refractivity contribution in [2.45, 2.75) is 44.4 Å². The fourth-order valence-electron chi connectivity index (χ4n) is 1.70. The topological polar surface area (TPSA) is 66.8 Å². The van der Waals surface area contributed by atoms with E-state index < -0.39 is 42.2 Å². The van der Waals surface area contributed by atoms with Gasteiger partial charge in [0.15, 0.2) is 0 Å². The Hall–Kier alpha value is -1.47. The number of ether oxygens (including phenoxy) is 1. The van der Waals surface area contributed by atoms with E-state index in [1.54, 1.807) is 20.8 Å². The number of aliphatic carboxylic acids is 1. The largest absolute Gasteiger partial charge is 0.477 e. The van der Waals surface area contributed by atoms with Crippen LogP contribution in [0.1, 0.15) is 27.2 Å². The number of nitrogens with zero attached hydrogens (tertiary/aromatic N) is 1. The predicted molar refractivity (Wildman–Crippen MR) is 58.8 cm³/mol. The smallest absolute Gasteiger partial charge is 0.410 e. The van der Waals surface area contributed by atoms with Crippen LogP contribution in [-0.4, -0.2) is 52.4 Å². The summed E-state index contributed by atoms with van der Waals surface area (Å²) >= 11 is 0. The number of carboxylic acid groups (broad SMARTS) is 1. The third-order valence-corrected chi connectivity index (χ3v) is 2.70. The Kier molecular flexibility index (Phi) is 3.75. The molecular weight excluding hydrogens is 267 g/mol. The van der Waals surface area contributed by atoms with Crippen molar-refractivity contribution in [1.82, 2.24) is 4.90 Å². The maximum absolute atomic E-state index is 14.0. The summed E-state index contributed by atoms with van der Waals surface area (Å²) in [5, 5.41) is 8.35. The quantitative estimate of drug-likeness (QED) is 0.842. The number of alkyl halides is 3. The van der Waals surface area contributed by atoms with E-state index in [2.05, 4.69) is 0 Å². The molecule has 1 aliphatic rings. The highest BCUT2D eigenvalue weighted by atomic mass is 19.3. The standard InChI is InChI=1S/C11H16F3NO4/c1-9(2,3)19-8(18)15-5-4-10(12,6-15)11(13,14)7(16)17/h4-6H2,1-3H3,(H,16,17). The van der Waals surface area contributed by atoms with Gasteiger partial charge in [0.1, 0.15) is 5.60 Å². The normalized spacial score (nSPS) is 24.4. The van der Waals surface area contributed by atoms with Gasteiger partial charge in [-0.25, -0.2) is 14.0 Å². The maximum atomic E-state index is 14.0. The number of rotatable bonds is 2. The number of halogens is 3. The summed E-state index contributed by atoms with van der Waals surface area (Å²) in [6.45, 7) is 3.43. The van der Waals surface area contributed by atoms with Crippen LogP contribution in [0, 0.1) is 0 Å². The van der Waals surface area contributed by atoms with Crippen LogP contribution in [0.15, 0.2) is 0 Å². The van der Waals surface area contributed by atoms with Crippen LogP contribution in [0.3, 0.4) is 0 Å². The van der Waals surface area contributed by atoms with Crippen molar-refractivity contribution < 1.29 is 32.6 Å². The van der Waals surface area contributed by atoms with E-state index in [1.165, 1.54) is 0 Å². The van der Waals surface area contributed by atoms with Crippen LogP contribution in [0.25, 0.3) is 0 Å². The summed E-state index contributed by atoms with van der Waals surface area (Å²) in [6.07, 6.45) is -1.68. The Labute approximate surface area is 108 Å². The summed E-state index contributed by atoms with van der Waals surface area (Å²) in [6, 6.07) is 0. The highest BCUT2D eigenvalue weighted by molar-refractivity contribution is 5.78. The molecule has 8 heteroatoms. The molecule has 0 spiro atoms. The molecule has 0 aromatic rings. The minimum Gasteiger partial charge on any atom is -0.477 e. The van der Waals surface area contributed by atoms with Crippen molar-refractivity contribution in [3.8, 4) is 0 Å². The van der Waals surface area contributed by atoms with Gasteiger partial charge < -0.3 is 14.7 Å². The highest BCUT2D eigenvalue weighted by Crippen LogP contribution is 2.40. The minimum atomic E-state index is -4.54. The summed E-state index contributed by atoms with van der Waals surface area (Å²) in [5.74, 6) is -7.08. The molecule has 1 atom stereocenters. The number of carboxylic acids is 1. The van der Waals surface area contributed by atoms with Gasteiger partial charge in [-0.05, 0) is 20.8 Å². The number of carbonyl (C=O) groups excluding carboxylic acids is 1. The summed E-state index contributed by atoms with van der Waals surface area (Å²) in [4.78, 5) is 22.7. The lowest BCUT2D eigenvalue weighted by Crippen LogP contribution is -2.52. The zero-order chi connectivity index (χ0) is 15.1. The fourth-order valence-corrected chi connectivity index (χ4v) is 1.70. The number of carbonyl (C=O) groups is 2. The van der Waals surface area contributed by atoms with Gasteiger partial charge in [-0.2, -0.15) is 8.78 Å². The van der Waals surface area contributed by atoms with Gasteiger partial charge in [-0.1, -0.05) is 0 Å². The number of hydrogen-bond donors (Lipinski definition) is 1. The minimum absolute atomic E-state index is 0.311. The number of hydrogen-bond acceptors (Lipinski definition) is 3. The molecule has 0 radical (unpaired) electrons. The summed E-state index contributed by atoms with van der Waals surface area (Å²) in [5.41, 5.74) is -4.11. The lowest BCUT2D eigenvalue weighted by Gasteiger charge is -2.27. The molecule has 1 aliphatic heterocycles. The van der Waals surface area contributed by atoms with Gasteiger partial charge in [-0.3, -0.25) is 0 Å². The van der Waals surface area contributed by atoms with Crippen LogP contribution in [0.4, 0.5) is 18.0 Å². The molecule has 1 heterocycles. The first-order valence-electron chi connectivity index (χ1n) is 5.67. The van der Waals surface area contributed by atoms with E-state index in [9.17, 15) is 22.8 Å². The van der Waals surface area contributed by atoms with Gasteiger partial charge in [-0.15, -0.1) is 0 Å². The Morgan fingerprint density at radius 2 is 1.84 bits per heavy atom. The molecule has 1 fully saturated rings. The lowest BCUT2D eigenvalue weighted by atomic mass is 9.97. The summed E-state index contributed by atoms with van der Waals surface area (Å²) < 4.78 is 45.4. The molecular formula is C11H16F3NO4. The SMILES string of the molecule is CC(C)(C)OC(=O)N1CCC(F)(C(F)(F)C(=O)O)C1. The molecule has 0 saturated carbocycles. The first-order chi connectivity index (χ1) is 8.39. The van der Waals surface area contributed by atoms with E-state index in [-0.39, 0.29) is 6.54 Å². The molecule has 1 amide bonds. The molecule has 0 bridgehead atoms. The van der Waals surface area contributed by atoms with Gasteiger partial charge >= 0.3 is 18.0 Å². The van der Waals surface area contributed by atoms with Crippen molar-refractivity contribution in [2.75, 3.05) is 13.1 Å². The molecule has 1 rings (SSSR count). The Balaban J connectivity index is 2.78. The van der Waals surface area contributed by atoms with Crippen LogP contribution < -0.4 is 0 Å². The van der Waals surface area contributed by atoms with E-state index in [0.29, 0.717) is 0 Å². The monoisotopic (exact) mass is 283 g/mol. The van der Waals surface area contributed by atoms with Crippen molar-refractivity contribution in [2.24, 2.45) is 0 Å². The second-order valence-electron chi connectivity index (χ2n) is 5.50. The van der Waals surface area contributed by atoms with Gasteiger partial charge in [0, 0.05) is 13.0 Å². The predicted octanol–water partition coefficient (Wildman–Crippen LogP) is 2.06.